The van der Waals surface area contributed by atoms with Crippen molar-refractivity contribution in [3.05, 3.63) is 193 Å². The number of hydrogen-bond acceptors (Lipinski definition) is 5. The van der Waals surface area contributed by atoms with E-state index in [-0.39, 0.29) is 5.41 Å². The van der Waals surface area contributed by atoms with Gasteiger partial charge in [0.05, 0.1) is 11.0 Å². The largest absolute Gasteiger partial charge is 0.456 e. The van der Waals surface area contributed by atoms with E-state index in [1.54, 1.807) is 0 Å². The number of nitrogens with zero attached hydrogens (tertiary/aromatic N) is 4. The van der Waals surface area contributed by atoms with Gasteiger partial charge in [-0.25, -0.2) is 4.98 Å². The van der Waals surface area contributed by atoms with Gasteiger partial charge in [0, 0.05) is 54.4 Å². The lowest BCUT2D eigenvalue weighted by molar-refractivity contribution is 0.660. The first-order valence-electron chi connectivity index (χ1n) is 23.2. The lowest BCUT2D eigenvalue weighted by atomic mass is 9.82. The smallest absolute Gasteiger partial charge is 0.238 e. The summed E-state index contributed by atoms with van der Waals surface area (Å²) in [4.78, 5) is 16.2. The van der Waals surface area contributed by atoms with E-state index in [1.165, 1.54) is 39.6 Å². The fourth-order valence-corrected chi connectivity index (χ4v) is 10.6. The maximum Gasteiger partial charge on any atom is 0.238 e. The summed E-state index contributed by atoms with van der Waals surface area (Å²) >= 11 is 0. The minimum atomic E-state index is -0.153. The number of fused-ring (bicyclic) bond motifs is 13. The molecule has 4 heterocycles. The third-order valence-electron chi connectivity index (χ3n) is 13.6. The molecule has 0 saturated carbocycles. The Bertz CT molecular complexity index is 4020. The minimum Gasteiger partial charge on any atom is -0.456 e. The van der Waals surface area contributed by atoms with Gasteiger partial charge in [0.15, 0.2) is 11.6 Å². The van der Waals surface area contributed by atoms with E-state index < -0.39 is 0 Å². The van der Waals surface area contributed by atoms with Crippen LogP contribution < -0.4 is 0 Å². The molecule has 0 N–H and O–H groups in total. The lowest BCUT2D eigenvalue weighted by Crippen LogP contribution is -2.14. The van der Waals surface area contributed by atoms with Crippen LogP contribution >= 0.6 is 0 Å². The molecule has 67 heavy (non-hydrogen) atoms. The first kappa shape index (κ1) is 39.1. The maximum atomic E-state index is 6.42. The molecule has 4 aromatic heterocycles. The van der Waals surface area contributed by atoms with E-state index in [9.17, 15) is 0 Å². The van der Waals surface area contributed by atoms with Gasteiger partial charge in [-0.15, -0.1) is 0 Å². The van der Waals surface area contributed by atoms with Gasteiger partial charge >= 0.3 is 0 Å². The van der Waals surface area contributed by atoms with Crippen LogP contribution in [-0.4, -0.2) is 19.5 Å². The Morgan fingerprint density at radius 2 is 0.940 bits per heavy atom. The standard InChI is InChI=1S/C58H36N4O2.C3H8/c1-58(2)46-21-8-5-17-44(46)53-41(18-12-22-47(53)58)42-19-11-20-43-45-29-33-13-3-4-14-34(33)30-48(45)62(54(42)43)57-60-55(35-25-27-39-37-15-6-9-23-49(37)63-51(39)31-35)59-56(61-57)36-26-28-40-38-16-7-10-24-50(38)64-52(40)32-36;1-3-2/h3-32H,1-2H3;3H2,1-2H3. The molecule has 0 radical (unpaired) electrons. The first-order valence-corrected chi connectivity index (χ1v) is 23.2. The van der Waals surface area contributed by atoms with Crippen molar-refractivity contribution >= 4 is 76.5 Å². The third kappa shape index (κ3) is 5.92. The summed E-state index contributed by atoms with van der Waals surface area (Å²) in [5, 5.41) is 8.79. The zero-order valence-electron chi connectivity index (χ0n) is 37.6. The van der Waals surface area contributed by atoms with Gasteiger partial charge in [0.1, 0.15) is 22.3 Å². The highest BCUT2D eigenvalue weighted by Crippen LogP contribution is 2.53. The molecular formula is C61H44N4O2. The fourth-order valence-electron chi connectivity index (χ4n) is 10.6. The molecule has 6 nitrogen and oxygen atoms in total. The summed E-state index contributed by atoms with van der Waals surface area (Å²) in [5.74, 6) is 1.60. The zero-order chi connectivity index (χ0) is 45.0. The predicted octanol–water partition coefficient (Wildman–Crippen LogP) is 16.6. The van der Waals surface area contributed by atoms with E-state index in [1.807, 2.05) is 36.4 Å². The van der Waals surface area contributed by atoms with Gasteiger partial charge in [-0.2, -0.15) is 9.97 Å². The van der Waals surface area contributed by atoms with Crippen LogP contribution in [0.4, 0.5) is 0 Å². The average Bonchev–Trinajstić information content (AvgIpc) is 4.09. The third-order valence-corrected chi connectivity index (χ3v) is 13.6. The van der Waals surface area contributed by atoms with Crippen molar-refractivity contribution in [3.63, 3.8) is 0 Å². The Balaban J connectivity index is 0.00000145. The Labute approximate surface area is 386 Å². The second-order valence-corrected chi connectivity index (χ2v) is 18.3. The molecule has 0 unspecified atom stereocenters. The van der Waals surface area contributed by atoms with E-state index in [4.69, 9.17) is 23.8 Å². The van der Waals surface area contributed by atoms with Crippen LogP contribution in [0.2, 0.25) is 0 Å². The SMILES string of the molecule is CC1(C)c2ccccc2-c2c(-c3cccc4c5cc6ccccc6cc5n(-c5nc(-c6ccc7c(c6)oc6ccccc67)nc(-c6ccc7c(c6)oc6ccccc67)n5)c34)cccc21.CCC. The summed E-state index contributed by atoms with van der Waals surface area (Å²) in [5.41, 5.74) is 14.3. The molecule has 13 aromatic rings. The van der Waals surface area contributed by atoms with Crippen molar-refractivity contribution in [2.75, 3.05) is 0 Å². The van der Waals surface area contributed by atoms with E-state index in [2.05, 4.69) is 178 Å². The second-order valence-electron chi connectivity index (χ2n) is 18.3. The van der Waals surface area contributed by atoms with Crippen LogP contribution in [0.1, 0.15) is 45.2 Å². The highest BCUT2D eigenvalue weighted by atomic mass is 16.3. The number of hydrogen-bond donors (Lipinski definition) is 0. The van der Waals surface area contributed by atoms with Crippen LogP contribution in [0, 0.1) is 0 Å². The van der Waals surface area contributed by atoms with E-state index >= 15 is 0 Å². The topological polar surface area (TPSA) is 69.9 Å². The molecule has 0 spiro atoms. The summed E-state index contributed by atoms with van der Waals surface area (Å²) in [6.07, 6.45) is 1.25. The molecular weight excluding hydrogens is 821 g/mol. The molecule has 0 saturated heterocycles. The second kappa shape index (κ2) is 14.8. The Morgan fingerprint density at radius 1 is 0.433 bits per heavy atom. The molecule has 6 heteroatoms. The molecule has 0 bridgehead atoms. The van der Waals surface area contributed by atoms with Gasteiger partial charge in [-0.3, -0.25) is 4.57 Å². The van der Waals surface area contributed by atoms with E-state index in [0.29, 0.717) is 17.6 Å². The van der Waals surface area contributed by atoms with Crippen molar-refractivity contribution < 1.29 is 8.83 Å². The van der Waals surface area contributed by atoms with Gasteiger partial charge in [-0.1, -0.05) is 168 Å². The molecule has 320 valence electrons. The normalized spacial score (nSPS) is 13.0. The molecule has 0 fully saturated rings. The summed E-state index contributed by atoms with van der Waals surface area (Å²) in [6.45, 7) is 8.92. The lowest BCUT2D eigenvalue weighted by Gasteiger charge is -2.21. The highest BCUT2D eigenvalue weighted by Gasteiger charge is 2.37. The first-order chi connectivity index (χ1) is 32.9. The summed E-state index contributed by atoms with van der Waals surface area (Å²) < 4.78 is 15.1. The minimum absolute atomic E-state index is 0.153. The van der Waals surface area contributed by atoms with Crippen molar-refractivity contribution in [1.82, 2.24) is 19.5 Å². The molecule has 0 atom stereocenters. The number of rotatable bonds is 4. The van der Waals surface area contributed by atoms with Gasteiger partial charge in [0.2, 0.25) is 5.95 Å². The average molecular weight is 865 g/mol. The van der Waals surface area contributed by atoms with Crippen molar-refractivity contribution in [2.45, 2.75) is 39.5 Å². The van der Waals surface area contributed by atoms with Crippen LogP contribution in [0.5, 0.6) is 0 Å². The maximum absolute atomic E-state index is 6.42. The Morgan fingerprint density at radius 3 is 1.61 bits per heavy atom. The monoisotopic (exact) mass is 864 g/mol. The number of aromatic nitrogens is 4. The summed E-state index contributed by atoms with van der Waals surface area (Å²) in [6, 6.07) is 64.3. The van der Waals surface area contributed by atoms with Crippen LogP contribution in [-0.2, 0) is 5.41 Å². The molecule has 1 aliphatic carbocycles. The van der Waals surface area contributed by atoms with Crippen molar-refractivity contribution in [2.24, 2.45) is 0 Å². The fraction of sp³-hybridized carbons (Fsp3) is 0.0984. The predicted molar refractivity (Wildman–Crippen MR) is 276 cm³/mol. The van der Waals surface area contributed by atoms with Gasteiger partial charge < -0.3 is 8.83 Å². The van der Waals surface area contributed by atoms with Crippen LogP contribution in [0.25, 0.3) is 127 Å². The van der Waals surface area contributed by atoms with E-state index in [0.717, 1.165) is 87.8 Å². The van der Waals surface area contributed by atoms with Gasteiger partial charge in [0.25, 0.3) is 0 Å². The quantitative estimate of drug-likeness (QED) is 0.176. The Kier molecular flexibility index (Phi) is 8.65. The molecule has 0 amide bonds. The van der Waals surface area contributed by atoms with Crippen molar-refractivity contribution in [3.8, 4) is 51.0 Å². The number of para-hydroxylation sites is 3. The molecule has 1 aliphatic rings. The van der Waals surface area contributed by atoms with Crippen molar-refractivity contribution in [1.29, 1.82) is 0 Å². The van der Waals surface area contributed by atoms with Gasteiger partial charge in [-0.05, 0) is 87.1 Å². The zero-order valence-corrected chi connectivity index (χ0v) is 37.6. The molecule has 0 aliphatic heterocycles. The number of furan rings is 2. The number of benzene rings is 9. The van der Waals surface area contributed by atoms with Crippen LogP contribution in [0.15, 0.2) is 191 Å². The molecule has 14 rings (SSSR count). The highest BCUT2D eigenvalue weighted by molar-refractivity contribution is 6.18. The van der Waals surface area contributed by atoms with Crippen LogP contribution in [0.3, 0.4) is 0 Å². The summed E-state index contributed by atoms with van der Waals surface area (Å²) in [7, 11) is 0. The molecule has 9 aromatic carbocycles. The Hall–Kier alpha value is -8.35.